The molecule has 2 atom stereocenters. The van der Waals surface area contributed by atoms with Crippen molar-refractivity contribution in [1.82, 2.24) is 0 Å². The summed E-state index contributed by atoms with van der Waals surface area (Å²) < 4.78 is 5.17. The first-order chi connectivity index (χ1) is 6.27. The second-order valence-electron chi connectivity index (χ2n) is 4.26. The van der Waals surface area contributed by atoms with Crippen LogP contribution in [0.3, 0.4) is 0 Å². The van der Waals surface area contributed by atoms with E-state index in [1.54, 1.807) is 0 Å². The normalized spacial score (nSPS) is 33.6. The molecule has 2 rings (SSSR count). The first kappa shape index (κ1) is 9.16. The number of nitrogens with two attached hydrogens (primary N) is 1. The van der Waals surface area contributed by atoms with E-state index in [2.05, 4.69) is 0 Å². The van der Waals surface area contributed by atoms with Gasteiger partial charge < -0.3 is 10.5 Å². The third-order valence-corrected chi connectivity index (χ3v) is 3.03. The summed E-state index contributed by atoms with van der Waals surface area (Å²) in [6.07, 6.45) is 4.43. The number of rotatable bonds is 4. The lowest BCUT2D eigenvalue weighted by Gasteiger charge is -2.10. The Morgan fingerprint density at radius 2 is 2.15 bits per heavy atom. The first-order valence-electron chi connectivity index (χ1n) is 5.13. The van der Waals surface area contributed by atoms with Crippen molar-refractivity contribution in [2.45, 2.75) is 31.7 Å². The van der Waals surface area contributed by atoms with Crippen molar-refractivity contribution >= 4 is 5.78 Å². The molecule has 0 aromatic heterocycles. The molecule has 74 valence electrons. The van der Waals surface area contributed by atoms with Crippen LogP contribution in [0.15, 0.2) is 0 Å². The highest BCUT2D eigenvalue weighted by Crippen LogP contribution is 2.34. The van der Waals surface area contributed by atoms with Crippen LogP contribution in [0.4, 0.5) is 0 Å². The molecule has 0 radical (unpaired) electrons. The average molecular weight is 183 g/mol. The molecule has 0 amide bonds. The Morgan fingerprint density at radius 3 is 2.69 bits per heavy atom. The molecule has 0 spiro atoms. The molecule has 1 saturated heterocycles. The SMILES string of the molecule is NC1COCC1C(=O)CCC1CC1. The molecule has 1 saturated carbocycles. The van der Waals surface area contributed by atoms with Crippen LogP contribution in [0.2, 0.25) is 0 Å². The van der Waals surface area contributed by atoms with Gasteiger partial charge in [-0.3, -0.25) is 4.79 Å². The maximum Gasteiger partial charge on any atom is 0.139 e. The molecule has 2 aliphatic rings. The Labute approximate surface area is 78.6 Å². The smallest absolute Gasteiger partial charge is 0.139 e. The van der Waals surface area contributed by atoms with Crippen LogP contribution in [0, 0.1) is 11.8 Å². The maximum absolute atomic E-state index is 11.6. The summed E-state index contributed by atoms with van der Waals surface area (Å²) in [6.45, 7) is 1.10. The number of hydrogen-bond donors (Lipinski definition) is 1. The molecule has 0 aromatic carbocycles. The minimum Gasteiger partial charge on any atom is -0.379 e. The maximum atomic E-state index is 11.6. The van der Waals surface area contributed by atoms with E-state index in [0.29, 0.717) is 25.4 Å². The highest BCUT2D eigenvalue weighted by molar-refractivity contribution is 5.82. The van der Waals surface area contributed by atoms with E-state index < -0.39 is 0 Å². The molecule has 2 N–H and O–H groups in total. The molecule has 0 aromatic rings. The van der Waals surface area contributed by atoms with Gasteiger partial charge in [0.05, 0.1) is 19.1 Å². The topological polar surface area (TPSA) is 52.3 Å². The molecular weight excluding hydrogens is 166 g/mol. The van der Waals surface area contributed by atoms with Crippen molar-refractivity contribution in [3.63, 3.8) is 0 Å². The predicted molar refractivity (Wildman–Crippen MR) is 49.2 cm³/mol. The van der Waals surface area contributed by atoms with Gasteiger partial charge >= 0.3 is 0 Å². The summed E-state index contributed by atoms with van der Waals surface area (Å²) in [4.78, 5) is 11.6. The standard InChI is InChI=1S/C10H17NO2/c11-9-6-13-5-8(9)10(12)4-3-7-1-2-7/h7-9H,1-6,11H2. The van der Waals surface area contributed by atoms with E-state index in [4.69, 9.17) is 10.5 Å². The molecule has 3 heteroatoms. The number of ether oxygens (including phenoxy) is 1. The Morgan fingerprint density at radius 1 is 1.38 bits per heavy atom. The van der Waals surface area contributed by atoms with Crippen LogP contribution < -0.4 is 5.73 Å². The highest BCUT2D eigenvalue weighted by atomic mass is 16.5. The average Bonchev–Trinajstić information content (AvgIpc) is 2.84. The van der Waals surface area contributed by atoms with Gasteiger partial charge in [-0.25, -0.2) is 0 Å². The van der Waals surface area contributed by atoms with Gasteiger partial charge in [0.1, 0.15) is 5.78 Å². The zero-order valence-corrected chi connectivity index (χ0v) is 7.87. The fourth-order valence-electron chi connectivity index (χ4n) is 1.84. The number of carbonyl (C=O) groups is 1. The fraction of sp³-hybridized carbons (Fsp3) is 0.900. The largest absolute Gasteiger partial charge is 0.379 e. The molecule has 1 aliphatic heterocycles. The Bertz CT molecular complexity index is 201. The molecule has 1 heterocycles. The molecule has 3 nitrogen and oxygen atoms in total. The van der Waals surface area contributed by atoms with Crippen molar-refractivity contribution in [2.24, 2.45) is 17.6 Å². The van der Waals surface area contributed by atoms with E-state index in [0.717, 1.165) is 12.3 Å². The van der Waals surface area contributed by atoms with Crippen molar-refractivity contribution in [3.05, 3.63) is 0 Å². The van der Waals surface area contributed by atoms with E-state index in [-0.39, 0.29) is 12.0 Å². The van der Waals surface area contributed by atoms with Gasteiger partial charge in [0.25, 0.3) is 0 Å². The quantitative estimate of drug-likeness (QED) is 0.698. The zero-order valence-electron chi connectivity index (χ0n) is 7.87. The summed E-state index contributed by atoms with van der Waals surface area (Å²) in [5.74, 6) is 1.14. The van der Waals surface area contributed by atoms with Crippen molar-refractivity contribution in [1.29, 1.82) is 0 Å². The minimum atomic E-state index is -0.0493. The Balaban J connectivity index is 1.74. The Kier molecular flexibility index (Phi) is 2.65. The van der Waals surface area contributed by atoms with Crippen LogP contribution in [0.1, 0.15) is 25.7 Å². The monoisotopic (exact) mass is 183 g/mol. The summed E-state index contributed by atoms with van der Waals surface area (Å²) in [5.41, 5.74) is 5.76. The molecule has 2 fully saturated rings. The van der Waals surface area contributed by atoms with Crippen molar-refractivity contribution in [2.75, 3.05) is 13.2 Å². The van der Waals surface area contributed by atoms with Crippen LogP contribution in [-0.4, -0.2) is 25.0 Å². The van der Waals surface area contributed by atoms with Gasteiger partial charge in [-0.1, -0.05) is 12.8 Å². The van der Waals surface area contributed by atoms with Gasteiger partial charge in [-0.15, -0.1) is 0 Å². The summed E-state index contributed by atoms with van der Waals surface area (Å²) >= 11 is 0. The van der Waals surface area contributed by atoms with Crippen molar-refractivity contribution < 1.29 is 9.53 Å². The van der Waals surface area contributed by atoms with E-state index in [1.807, 2.05) is 0 Å². The van der Waals surface area contributed by atoms with Gasteiger partial charge in [-0.05, 0) is 12.3 Å². The van der Waals surface area contributed by atoms with Crippen LogP contribution in [0.25, 0.3) is 0 Å². The van der Waals surface area contributed by atoms with Crippen LogP contribution in [0.5, 0.6) is 0 Å². The number of hydrogen-bond acceptors (Lipinski definition) is 3. The number of carbonyl (C=O) groups excluding carboxylic acids is 1. The van der Waals surface area contributed by atoms with Gasteiger partial charge in [-0.2, -0.15) is 0 Å². The van der Waals surface area contributed by atoms with E-state index in [1.165, 1.54) is 12.8 Å². The Hall–Kier alpha value is -0.410. The zero-order chi connectivity index (χ0) is 9.26. The number of Topliss-reactive ketones (excluding diaryl/α,β-unsaturated/α-hetero) is 1. The van der Waals surface area contributed by atoms with Gasteiger partial charge in [0.15, 0.2) is 0 Å². The van der Waals surface area contributed by atoms with E-state index >= 15 is 0 Å². The first-order valence-corrected chi connectivity index (χ1v) is 5.13. The highest BCUT2D eigenvalue weighted by Gasteiger charge is 2.32. The summed E-state index contributed by atoms with van der Waals surface area (Å²) in [5, 5.41) is 0. The second-order valence-corrected chi connectivity index (χ2v) is 4.26. The van der Waals surface area contributed by atoms with Gasteiger partial charge in [0, 0.05) is 12.5 Å². The van der Waals surface area contributed by atoms with Crippen LogP contribution in [-0.2, 0) is 9.53 Å². The lowest BCUT2D eigenvalue weighted by Crippen LogP contribution is -2.34. The molecule has 2 unspecified atom stereocenters. The molecule has 13 heavy (non-hydrogen) atoms. The third kappa shape index (κ3) is 2.29. The van der Waals surface area contributed by atoms with Gasteiger partial charge in [0.2, 0.25) is 0 Å². The fourth-order valence-corrected chi connectivity index (χ4v) is 1.84. The molecule has 0 bridgehead atoms. The third-order valence-electron chi connectivity index (χ3n) is 3.03. The van der Waals surface area contributed by atoms with E-state index in [9.17, 15) is 4.79 Å². The predicted octanol–water partition coefficient (Wildman–Crippen LogP) is 0.719. The minimum absolute atomic E-state index is 0.0150. The molecular formula is C10H17NO2. The summed E-state index contributed by atoms with van der Waals surface area (Å²) in [6, 6.07) is -0.0493. The number of ketones is 1. The second kappa shape index (κ2) is 3.76. The summed E-state index contributed by atoms with van der Waals surface area (Å²) in [7, 11) is 0. The lowest BCUT2D eigenvalue weighted by atomic mass is 9.95. The van der Waals surface area contributed by atoms with Crippen LogP contribution >= 0.6 is 0 Å². The molecule has 1 aliphatic carbocycles. The lowest BCUT2D eigenvalue weighted by molar-refractivity contribution is -0.123. The van der Waals surface area contributed by atoms with Crippen molar-refractivity contribution in [3.8, 4) is 0 Å².